The van der Waals surface area contributed by atoms with Crippen molar-refractivity contribution in [3.63, 3.8) is 0 Å². The Morgan fingerprint density at radius 3 is 2.74 bits per heavy atom. The second-order valence-electron chi connectivity index (χ2n) is 6.59. The molecule has 3 fully saturated rings. The van der Waals surface area contributed by atoms with Crippen LogP contribution in [0.4, 0.5) is 0 Å². The van der Waals surface area contributed by atoms with Crippen molar-refractivity contribution in [3.05, 3.63) is 0 Å². The van der Waals surface area contributed by atoms with E-state index in [0.717, 1.165) is 18.3 Å². The van der Waals surface area contributed by atoms with Crippen molar-refractivity contribution in [2.45, 2.75) is 38.5 Å². The zero-order chi connectivity index (χ0) is 13.4. The Bertz CT molecular complexity index is 382. The van der Waals surface area contributed by atoms with E-state index >= 15 is 0 Å². The molecular formula is C15H24N2O2. The van der Waals surface area contributed by atoms with Crippen LogP contribution in [-0.4, -0.2) is 48.3 Å². The summed E-state index contributed by atoms with van der Waals surface area (Å²) < 4.78 is 0. The van der Waals surface area contributed by atoms with Gasteiger partial charge in [0.2, 0.25) is 11.8 Å². The van der Waals surface area contributed by atoms with Gasteiger partial charge < -0.3 is 9.80 Å². The summed E-state index contributed by atoms with van der Waals surface area (Å²) in [7, 11) is 1.83. The minimum Gasteiger partial charge on any atom is -0.344 e. The second-order valence-corrected chi connectivity index (χ2v) is 6.59. The number of carbonyl (C=O) groups excluding carboxylic acids is 2. The Morgan fingerprint density at radius 1 is 1.21 bits per heavy atom. The van der Waals surface area contributed by atoms with Gasteiger partial charge in [-0.05, 0) is 37.0 Å². The van der Waals surface area contributed by atoms with Crippen molar-refractivity contribution in [1.82, 2.24) is 9.80 Å². The fourth-order valence-corrected chi connectivity index (χ4v) is 4.16. The molecule has 2 saturated carbocycles. The van der Waals surface area contributed by atoms with Gasteiger partial charge in [0, 0.05) is 39.5 Å². The van der Waals surface area contributed by atoms with Crippen LogP contribution >= 0.6 is 0 Å². The molecule has 4 heteroatoms. The predicted molar refractivity (Wildman–Crippen MR) is 72.4 cm³/mol. The van der Waals surface area contributed by atoms with Crippen molar-refractivity contribution < 1.29 is 9.59 Å². The van der Waals surface area contributed by atoms with Crippen LogP contribution in [0.2, 0.25) is 0 Å². The van der Waals surface area contributed by atoms with Gasteiger partial charge in [0.05, 0.1) is 0 Å². The molecule has 0 radical (unpaired) electrons. The lowest BCUT2D eigenvalue weighted by atomic mass is 9.86. The lowest BCUT2D eigenvalue weighted by Gasteiger charge is -2.25. The highest BCUT2D eigenvalue weighted by molar-refractivity contribution is 5.80. The zero-order valence-electron chi connectivity index (χ0n) is 11.8. The van der Waals surface area contributed by atoms with Crippen molar-refractivity contribution in [1.29, 1.82) is 0 Å². The van der Waals surface area contributed by atoms with E-state index in [1.807, 2.05) is 11.9 Å². The van der Waals surface area contributed by atoms with Gasteiger partial charge in [0.1, 0.15) is 0 Å². The molecule has 1 heterocycles. The molecule has 3 unspecified atom stereocenters. The molecule has 0 aromatic heterocycles. The molecule has 0 aromatic carbocycles. The summed E-state index contributed by atoms with van der Waals surface area (Å²) >= 11 is 0. The summed E-state index contributed by atoms with van der Waals surface area (Å²) in [5.41, 5.74) is 0. The molecule has 4 nitrogen and oxygen atoms in total. The highest BCUT2D eigenvalue weighted by Gasteiger charge is 2.40. The molecule has 19 heavy (non-hydrogen) atoms. The highest BCUT2D eigenvalue weighted by Crippen LogP contribution is 2.49. The fourth-order valence-electron chi connectivity index (χ4n) is 4.16. The van der Waals surface area contributed by atoms with Gasteiger partial charge in [-0.15, -0.1) is 0 Å². The quantitative estimate of drug-likeness (QED) is 0.758. The summed E-state index contributed by atoms with van der Waals surface area (Å²) in [5, 5.41) is 0. The Labute approximate surface area is 115 Å². The summed E-state index contributed by atoms with van der Waals surface area (Å²) in [6.45, 7) is 2.01. The average molecular weight is 264 g/mol. The number of carbonyl (C=O) groups is 2. The molecule has 2 amide bonds. The largest absolute Gasteiger partial charge is 0.344 e. The van der Waals surface area contributed by atoms with Crippen molar-refractivity contribution >= 4 is 11.8 Å². The summed E-state index contributed by atoms with van der Waals surface area (Å²) in [4.78, 5) is 27.7. The van der Waals surface area contributed by atoms with Gasteiger partial charge in [-0.25, -0.2) is 0 Å². The Kier molecular flexibility index (Phi) is 3.50. The van der Waals surface area contributed by atoms with Gasteiger partial charge >= 0.3 is 0 Å². The van der Waals surface area contributed by atoms with E-state index in [0.29, 0.717) is 32.0 Å². The summed E-state index contributed by atoms with van der Waals surface area (Å²) in [5.74, 6) is 2.78. The third-order valence-electron chi connectivity index (χ3n) is 5.40. The van der Waals surface area contributed by atoms with E-state index in [2.05, 4.69) is 0 Å². The Morgan fingerprint density at radius 2 is 2.05 bits per heavy atom. The lowest BCUT2D eigenvalue weighted by Crippen LogP contribution is -2.36. The van der Waals surface area contributed by atoms with Gasteiger partial charge in [-0.3, -0.25) is 9.59 Å². The van der Waals surface area contributed by atoms with E-state index in [9.17, 15) is 9.59 Å². The molecule has 3 aliphatic rings. The number of nitrogens with zero attached hydrogens (tertiary/aromatic N) is 2. The Balaban J connectivity index is 1.54. The summed E-state index contributed by atoms with van der Waals surface area (Å²) in [6.07, 6.45) is 6.56. The number of amides is 2. The van der Waals surface area contributed by atoms with Crippen LogP contribution in [0.1, 0.15) is 38.5 Å². The van der Waals surface area contributed by atoms with Crippen molar-refractivity contribution in [3.8, 4) is 0 Å². The molecule has 3 atom stereocenters. The van der Waals surface area contributed by atoms with E-state index < -0.39 is 0 Å². The maximum absolute atomic E-state index is 12.4. The van der Waals surface area contributed by atoms with Crippen LogP contribution in [0.5, 0.6) is 0 Å². The fraction of sp³-hybridized carbons (Fsp3) is 0.867. The normalized spacial score (nSPS) is 34.8. The molecular weight excluding hydrogens is 240 g/mol. The van der Waals surface area contributed by atoms with Crippen LogP contribution in [0.15, 0.2) is 0 Å². The van der Waals surface area contributed by atoms with E-state index in [-0.39, 0.29) is 11.8 Å². The molecule has 0 N–H and O–H groups in total. The van der Waals surface area contributed by atoms with Crippen molar-refractivity contribution in [2.24, 2.45) is 17.8 Å². The van der Waals surface area contributed by atoms with Crippen LogP contribution < -0.4 is 0 Å². The first-order chi connectivity index (χ1) is 9.13. The third kappa shape index (κ3) is 2.63. The topological polar surface area (TPSA) is 40.6 Å². The van der Waals surface area contributed by atoms with Crippen molar-refractivity contribution in [2.75, 3.05) is 26.7 Å². The molecule has 1 aliphatic heterocycles. The molecule has 2 aliphatic carbocycles. The minimum atomic E-state index is 0.162. The standard InChI is InChI=1S/C15H24N2O2/c1-16-6-7-17(5-4-14(16)18)15(19)10-13-9-11-2-3-12(13)8-11/h11-13H,2-10H2,1H3. The van der Waals surface area contributed by atoms with Gasteiger partial charge in [0.25, 0.3) is 0 Å². The smallest absolute Gasteiger partial charge is 0.224 e. The zero-order valence-corrected chi connectivity index (χ0v) is 11.8. The molecule has 2 bridgehead atoms. The molecule has 1 saturated heterocycles. The first-order valence-corrected chi connectivity index (χ1v) is 7.65. The Hall–Kier alpha value is -1.06. The summed E-state index contributed by atoms with van der Waals surface area (Å²) in [6, 6.07) is 0. The minimum absolute atomic E-state index is 0.162. The molecule has 0 spiro atoms. The van der Waals surface area contributed by atoms with Crippen LogP contribution in [0, 0.1) is 17.8 Å². The lowest BCUT2D eigenvalue weighted by molar-refractivity contribution is -0.132. The predicted octanol–water partition coefficient (Wildman–Crippen LogP) is 1.50. The highest BCUT2D eigenvalue weighted by atomic mass is 16.2. The first-order valence-electron chi connectivity index (χ1n) is 7.65. The van der Waals surface area contributed by atoms with Gasteiger partial charge in [-0.1, -0.05) is 6.42 Å². The van der Waals surface area contributed by atoms with E-state index in [1.165, 1.54) is 25.7 Å². The number of hydrogen-bond donors (Lipinski definition) is 0. The number of fused-ring (bicyclic) bond motifs is 2. The average Bonchev–Trinajstić information content (AvgIpc) is 2.95. The van der Waals surface area contributed by atoms with E-state index in [1.54, 1.807) is 4.90 Å². The number of likely N-dealkylation sites (N-methyl/N-ethyl adjacent to an activating group) is 1. The van der Waals surface area contributed by atoms with E-state index in [4.69, 9.17) is 0 Å². The molecule has 106 valence electrons. The monoisotopic (exact) mass is 264 g/mol. The molecule has 0 aromatic rings. The molecule has 3 rings (SSSR count). The SMILES string of the molecule is CN1CCN(C(=O)CC2CC3CCC2C3)CCC1=O. The maximum atomic E-state index is 12.4. The number of rotatable bonds is 2. The van der Waals surface area contributed by atoms with Gasteiger partial charge in [0.15, 0.2) is 0 Å². The second kappa shape index (κ2) is 5.14. The first kappa shape index (κ1) is 12.9. The third-order valence-corrected chi connectivity index (χ3v) is 5.40. The van der Waals surface area contributed by atoms with Crippen LogP contribution in [0.3, 0.4) is 0 Å². The van der Waals surface area contributed by atoms with Crippen LogP contribution in [0.25, 0.3) is 0 Å². The number of hydrogen-bond acceptors (Lipinski definition) is 2. The van der Waals surface area contributed by atoms with Crippen LogP contribution in [-0.2, 0) is 9.59 Å². The maximum Gasteiger partial charge on any atom is 0.224 e. The van der Waals surface area contributed by atoms with Gasteiger partial charge in [-0.2, -0.15) is 0 Å².